The van der Waals surface area contributed by atoms with Crippen molar-refractivity contribution in [1.29, 1.82) is 0 Å². The predicted octanol–water partition coefficient (Wildman–Crippen LogP) is 1.47. The number of aromatic nitrogens is 2. The molecule has 1 aromatic rings. The monoisotopic (exact) mass is 194 g/mol. The first-order valence-corrected chi connectivity index (χ1v) is 5.02. The van der Waals surface area contributed by atoms with Crippen molar-refractivity contribution in [3.8, 4) is 0 Å². The summed E-state index contributed by atoms with van der Waals surface area (Å²) >= 11 is 0. The van der Waals surface area contributed by atoms with Gasteiger partial charge in [-0.15, -0.1) is 0 Å². The van der Waals surface area contributed by atoms with Crippen LogP contribution in [-0.4, -0.2) is 23.6 Å². The van der Waals surface area contributed by atoms with E-state index in [2.05, 4.69) is 21.8 Å². The van der Waals surface area contributed by atoms with Crippen LogP contribution in [0.4, 0.5) is 11.6 Å². The van der Waals surface area contributed by atoms with Crippen molar-refractivity contribution in [2.75, 3.05) is 24.2 Å². The summed E-state index contributed by atoms with van der Waals surface area (Å²) in [4.78, 5) is 10.6. The molecular formula is C10H18N4. The third-order valence-corrected chi connectivity index (χ3v) is 2.05. The summed E-state index contributed by atoms with van der Waals surface area (Å²) in [6.07, 6.45) is 1.92. The maximum Gasteiger partial charge on any atom is 0.134 e. The summed E-state index contributed by atoms with van der Waals surface area (Å²) in [7, 11) is 2.02. The molecule has 0 amide bonds. The highest BCUT2D eigenvalue weighted by Crippen LogP contribution is 2.12. The molecule has 14 heavy (non-hydrogen) atoms. The Balaban J connectivity index is 2.90. The van der Waals surface area contributed by atoms with Gasteiger partial charge < -0.3 is 10.6 Å². The maximum atomic E-state index is 5.69. The molecule has 2 N–H and O–H groups in total. The second-order valence-electron chi connectivity index (χ2n) is 3.34. The molecule has 0 saturated carbocycles. The fourth-order valence-corrected chi connectivity index (χ4v) is 1.31. The number of nitrogen functional groups attached to an aromatic ring is 1. The quantitative estimate of drug-likeness (QED) is 0.788. The van der Waals surface area contributed by atoms with Crippen molar-refractivity contribution >= 4 is 11.6 Å². The first kappa shape index (κ1) is 10.8. The molecule has 4 heteroatoms. The number of aryl methyl sites for hydroxylation is 1. The average molecular weight is 194 g/mol. The number of anilines is 2. The molecule has 0 saturated heterocycles. The van der Waals surface area contributed by atoms with E-state index >= 15 is 0 Å². The lowest BCUT2D eigenvalue weighted by Crippen LogP contribution is -2.20. The molecule has 0 unspecified atom stereocenters. The van der Waals surface area contributed by atoms with Gasteiger partial charge in [0, 0.05) is 26.1 Å². The molecule has 1 aromatic heterocycles. The maximum absolute atomic E-state index is 5.69. The molecule has 0 aliphatic rings. The second-order valence-corrected chi connectivity index (χ2v) is 3.34. The average Bonchev–Trinajstić information content (AvgIpc) is 2.17. The number of hydrogen-bond acceptors (Lipinski definition) is 4. The summed E-state index contributed by atoms with van der Waals surface area (Å²) in [5, 5.41) is 0. The van der Waals surface area contributed by atoms with Crippen LogP contribution < -0.4 is 10.6 Å². The van der Waals surface area contributed by atoms with Crippen LogP contribution in [0.3, 0.4) is 0 Å². The molecule has 1 rings (SSSR count). The Morgan fingerprint density at radius 2 is 2.07 bits per heavy atom. The van der Waals surface area contributed by atoms with Crippen LogP contribution in [0.5, 0.6) is 0 Å². The SMILES string of the molecule is CCCN(C)c1cc(N)nc(CC)n1. The van der Waals surface area contributed by atoms with Gasteiger partial charge in [0.15, 0.2) is 0 Å². The van der Waals surface area contributed by atoms with Crippen molar-refractivity contribution in [3.05, 3.63) is 11.9 Å². The fourth-order valence-electron chi connectivity index (χ4n) is 1.31. The van der Waals surface area contributed by atoms with Crippen LogP contribution in [0.1, 0.15) is 26.1 Å². The van der Waals surface area contributed by atoms with Crippen molar-refractivity contribution in [3.63, 3.8) is 0 Å². The van der Waals surface area contributed by atoms with Gasteiger partial charge in [0.05, 0.1) is 0 Å². The molecule has 4 nitrogen and oxygen atoms in total. The van der Waals surface area contributed by atoms with E-state index in [4.69, 9.17) is 5.73 Å². The Morgan fingerprint density at radius 1 is 1.36 bits per heavy atom. The van der Waals surface area contributed by atoms with Crippen LogP contribution >= 0.6 is 0 Å². The summed E-state index contributed by atoms with van der Waals surface area (Å²) in [6.45, 7) is 5.15. The summed E-state index contributed by atoms with van der Waals surface area (Å²) in [5.74, 6) is 2.27. The van der Waals surface area contributed by atoms with E-state index in [1.807, 2.05) is 20.0 Å². The zero-order valence-corrected chi connectivity index (χ0v) is 9.12. The van der Waals surface area contributed by atoms with Crippen molar-refractivity contribution in [1.82, 2.24) is 9.97 Å². The van der Waals surface area contributed by atoms with E-state index in [0.29, 0.717) is 5.82 Å². The zero-order chi connectivity index (χ0) is 10.6. The first-order valence-electron chi connectivity index (χ1n) is 5.02. The molecule has 1 heterocycles. The normalized spacial score (nSPS) is 10.2. The Bertz CT molecular complexity index is 298. The van der Waals surface area contributed by atoms with Gasteiger partial charge in [-0.1, -0.05) is 13.8 Å². The molecule has 0 radical (unpaired) electrons. The van der Waals surface area contributed by atoms with Crippen molar-refractivity contribution in [2.24, 2.45) is 0 Å². The third kappa shape index (κ3) is 2.58. The van der Waals surface area contributed by atoms with E-state index in [9.17, 15) is 0 Å². The summed E-state index contributed by atoms with van der Waals surface area (Å²) in [6, 6.07) is 1.81. The predicted molar refractivity (Wildman–Crippen MR) is 59.4 cm³/mol. The fraction of sp³-hybridized carbons (Fsp3) is 0.600. The lowest BCUT2D eigenvalue weighted by Gasteiger charge is -2.17. The third-order valence-electron chi connectivity index (χ3n) is 2.05. The Hall–Kier alpha value is -1.32. The minimum absolute atomic E-state index is 0.551. The molecular weight excluding hydrogens is 176 g/mol. The van der Waals surface area contributed by atoms with Crippen LogP contribution in [0, 0.1) is 0 Å². The van der Waals surface area contributed by atoms with E-state index in [1.165, 1.54) is 0 Å². The standard InChI is InChI=1S/C10H18N4/c1-4-6-14(3)10-7-8(11)12-9(5-2)13-10/h7H,4-6H2,1-3H3,(H2,11,12,13). The molecule has 0 bridgehead atoms. The van der Waals surface area contributed by atoms with Crippen molar-refractivity contribution < 1.29 is 0 Å². The molecule has 0 spiro atoms. The van der Waals surface area contributed by atoms with Gasteiger partial charge in [-0.25, -0.2) is 9.97 Å². The van der Waals surface area contributed by atoms with Gasteiger partial charge >= 0.3 is 0 Å². The van der Waals surface area contributed by atoms with Gasteiger partial charge in [-0.3, -0.25) is 0 Å². The number of nitrogens with zero attached hydrogens (tertiary/aromatic N) is 3. The summed E-state index contributed by atoms with van der Waals surface area (Å²) < 4.78 is 0. The van der Waals surface area contributed by atoms with Gasteiger partial charge in [0.25, 0.3) is 0 Å². The highest BCUT2D eigenvalue weighted by atomic mass is 15.2. The number of nitrogens with two attached hydrogens (primary N) is 1. The first-order chi connectivity index (χ1) is 6.67. The van der Waals surface area contributed by atoms with E-state index < -0.39 is 0 Å². The van der Waals surface area contributed by atoms with E-state index in [0.717, 1.165) is 31.0 Å². The van der Waals surface area contributed by atoms with Crippen LogP contribution in [0.2, 0.25) is 0 Å². The van der Waals surface area contributed by atoms with Crippen LogP contribution in [0.25, 0.3) is 0 Å². The lowest BCUT2D eigenvalue weighted by molar-refractivity contribution is 0.822. The van der Waals surface area contributed by atoms with Crippen molar-refractivity contribution in [2.45, 2.75) is 26.7 Å². The molecule has 0 aromatic carbocycles. The van der Waals surface area contributed by atoms with Gasteiger partial charge in [0.2, 0.25) is 0 Å². The highest BCUT2D eigenvalue weighted by molar-refractivity contribution is 5.46. The molecule has 0 atom stereocenters. The van der Waals surface area contributed by atoms with E-state index in [1.54, 1.807) is 0 Å². The Kier molecular flexibility index (Phi) is 3.68. The van der Waals surface area contributed by atoms with E-state index in [-0.39, 0.29) is 0 Å². The lowest BCUT2D eigenvalue weighted by atomic mass is 10.4. The highest BCUT2D eigenvalue weighted by Gasteiger charge is 2.04. The molecule has 0 aliphatic carbocycles. The molecule has 78 valence electrons. The van der Waals surface area contributed by atoms with Crippen LogP contribution in [-0.2, 0) is 6.42 Å². The minimum atomic E-state index is 0.551. The Morgan fingerprint density at radius 3 is 2.64 bits per heavy atom. The molecule has 0 aliphatic heterocycles. The topological polar surface area (TPSA) is 55.0 Å². The number of hydrogen-bond donors (Lipinski definition) is 1. The smallest absolute Gasteiger partial charge is 0.134 e. The van der Waals surface area contributed by atoms with Gasteiger partial charge in [-0.05, 0) is 6.42 Å². The number of rotatable bonds is 4. The van der Waals surface area contributed by atoms with Gasteiger partial charge in [-0.2, -0.15) is 0 Å². The zero-order valence-electron chi connectivity index (χ0n) is 9.12. The second kappa shape index (κ2) is 4.79. The van der Waals surface area contributed by atoms with Gasteiger partial charge in [0.1, 0.15) is 17.5 Å². The summed E-state index contributed by atoms with van der Waals surface area (Å²) in [5.41, 5.74) is 5.69. The Labute approximate surface area is 85.2 Å². The molecule has 0 fully saturated rings. The largest absolute Gasteiger partial charge is 0.384 e. The van der Waals surface area contributed by atoms with Crippen LogP contribution in [0.15, 0.2) is 6.07 Å². The minimum Gasteiger partial charge on any atom is -0.384 e.